The van der Waals surface area contributed by atoms with Gasteiger partial charge in [0.05, 0.1) is 22.9 Å². The Morgan fingerprint density at radius 2 is 2.26 bits per heavy atom. The van der Waals surface area contributed by atoms with Crippen LogP contribution in [-0.4, -0.2) is 35.9 Å². The first-order valence-electron chi connectivity index (χ1n) is 7.24. The Morgan fingerprint density at radius 3 is 2.96 bits per heavy atom. The number of carbonyl (C=O) groups is 1. The van der Waals surface area contributed by atoms with Gasteiger partial charge in [0.15, 0.2) is 9.84 Å². The summed E-state index contributed by atoms with van der Waals surface area (Å²) in [6, 6.07) is 5.59. The fourth-order valence-corrected chi connectivity index (χ4v) is 5.10. The number of sulfone groups is 1. The normalized spacial score (nSPS) is 19.6. The van der Waals surface area contributed by atoms with E-state index >= 15 is 0 Å². The molecule has 0 aromatic carbocycles. The van der Waals surface area contributed by atoms with Crippen molar-refractivity contribution in [3.8, 4) is 10.7 Å². The van der Waals surface area contributed by atoms with E-state index in [1.54, 1.807) is 6.20 Å². The lowest BCUT2D eigenvalue weighted by Crippen LogP contribution is -2.13. The fraction of sp³-hybridized carbons (Fsp3) is 0.400. The first kappa shape index (κ1) is 16.1. The van der Waals surface area contributed by atoms with Crippen molar-refractivity contribution < 1.29 is 17.9 Å². The number of nitrogens with zero attached hydrogens (tertiary/aromatic N) is 2. The standard InChI is InChI=1S/C15H16N2O4S2/c18-14(7-11-4-6-23(19,20)10-11)21-8-12-9-22-15(17-12)13-3-1-2-5-16-13/h1-3,5,9,11H,4,6-8,10H2. The SMILES string of the molecule is O=C(CC1CCS(=O)(=O)C1)OCc1csc(-c2ccccn2)n1. The van der Waals surface area contributed by atoms with Gasteiger partial charge in [-0.1, -0.05) is 6.07 Å². The largest absolute Gasteiger partial charge is 0.459 e. The summed E-state index contributed by atoms with van der Waals surface area (Å²) >= 11 is 1.44. The Bertz CT molecular complexity index is 787. The molecule has 0 bridgehead atoms. The van der Waals surface area contributed by atoms with E-state index in [1.165, 1.54) is 11.3 Å². The van der Waals surface area contributed by atoms with Gasteiger partial charge in [-0.3, -0.25) is 9.78 Å². The smallest absolute Gasteiger partial charge is 0.306 e. The molecule has 23 heavy (non-hydrogen) atoms. The van der Waals surface area contributed by atoms with Crippen LogP contribution in [0.3, 0.4) is 0 Å². The van der Waals surface area contributed by atoms with Crippen LogP contribution in [0.1, 0.15) is 18.5 Å². The highest BCUT2D eigenvalue weighted by atomic mass is 32.2. The van der Waals surface area contributed by atoms with Crippen LogP contribution in [-0.2, 0) is 26.0 Å². The Morgan fingerprint density at radius 1 is 1.39 bits per heavy atom. The number of carbonyl (C=O) groups excluding carboxylic acids is 1. The maximum atomic E-state index is 11.8. The second-order valence-electron chi connectivity index (χ2n) is 5.49. The van der Waals surface area contributed by atoms with Crippen LogP contribution < -0.4 is 0 Å². The quantitative estimate of drug-likeness (QED) is 0.766. The molecule has 8 heteroatoms. The van der Waals surface area contributed by atoms with E-state index in [4.69, 9.17) is 4.74 Å². The molecule has 1 saturated heterocycles. The van der Waals surface area contributed by atoms with E-state index in [0.717, 1.165) is 10.7 Å². The van der Waals surface area contributed by atoms with E-state index in [0.29, 0.717) is 12.1 Å². The zero-order valence-corrected chi connectivity index (χ0v) is 14.0. The van der Waals surface area contributed by atoms with Crippen molar-refractivity contribution in [1.82, 2.24) is 9.97 Å². The first-order chi connectivity index (χ1) is 11.0. The molecule has 0 N–H and O–H groups in total. The molecule has 3 rings (SSSR count). The maximum absolute atomic E-state index is 11.8. The summed E-state index contributed by atoms with van der Waals surface area (Å²) in [4.78, 5) is 20.4. The van der Waals surface area contributed by atoms with Crippen molar-refractivity contribution in [2.45, 2.75) is 19.4 Å². The van der Waals surface area contributed by atoms with Gasteiger partial charge >= 0.3 is 5.97 Å². The second kappa shape index (κ2) is 6.76. The number of hydrogen-bond acceptors (Lipinski definition) is 7. The first-order valence-corrected chi connectivity index (χ1v) is 9.94. The number of ether oxygens (including phenoxy) is 1. The average Bonchev–Trinajstić information content (AvgIpc) is 3.13. The highest BCUT2D eigenvalue weighted by molar-refractivity contribution is 7.91. The van der Waals surface area contributed by atoms with Crippen LogP contribution in [0.2, 0.25) is 0 Å². The lowest BCUT2D eigenvalue weighted by Gasteiger charge is -2.07. The molecule has 1 aliphatic rings. The number of thiazole rings is 1. The van der Waals surface area contributed by atoms with Gasteiger partial charge < -0.3 is 4.74 Å². The average molecular weight is 352 g/mol. The summed E-state index contributed by atoms with van der Waals surface area (Å²) in [5, 5.41) is 2.61. The molecule has 3 heterocycles. The molecule has 0 saturated carbocycles. The molecule has 1 fully saturated rings. The van der Waals surface area contributed by atoms with Crippen molar-refractivity contribution >= 4 is 27.1 Å². The number of aromatic nitrogens is 2. The molecule has 0 radical (unpaired) electrons. The highest BCUT2D eigenvalue weighted by Crippen LogP contribution is 2.23. The van der Waals surface area contributed by atoms with Crippen molar-refractivity contribution in [1.29, 1.82) is 0 Å². The van der Waals surface area contributed by atoms with E-state index in [2.05, 4.69) is 9.97 Å². The van der Waals surface area contributed by atoms with Gasteiger partial charge in [-0.15, -0.1) is 11.3 Å². The summed E-state index contributed by atoms with van der Waals surface area (Å²) in [6.07, 6.45) is 2.39. The third-order valence-electron chi connectivity index (χ3n) is 3.60. The molecule has 1 aliphatic heterocycles. The molecule has 6 nitrogen and oxygen atoms in total. The Hall–Kier alpha value is -1.80. The molecule has 1 unspecified atom stereocenters. The third kappa shape index (κ3) is 4.35. The van der Waals surface area contributed by atoms with Gasteiger partial charge in [0, 0.05) is 18.0 Å². The zero-order chi connectivity index (χ0) is 16.3. The lowest BCUT2D eigenvalue weighted by atomic mass is 10.1. The van der Waals surface area contributed by atoms with E-state index in [9.17, 15) is 13.2 Å². The molecule has 1 atom stereocenters. The van der Waals surface area contributed by atoms with Crippen LogP contribution in [0, 0.1) is 5.92 Å². The second-order valence-corrected chi connectivity index (χ2v) is 8.58. The van der Waals surface area contributed by atoms with Gasteiger partial charge in [-0.25, -0.2) is 13.4 Å². The predicted octanol–water partition coefficient (Wildman–Crippen LogP) is 2.07. The van der Waals surface area contributed by atoms with Gasteiger partial charge in [0.25, 0.3) is 0 Å². The van der Waals surface area contributed by atoms with E-state index in [1.807, 2.05) is 23.6 Å². The molecular formula is C15H16N2O4S2. The summed E-state index contributed by atoms with van der Waals surface area (Å²) in [7, 11) is -2.96. The maximum Gasteiger partial charge on any atom is 0.306 e. The minimum atomic E-state index is -2.96. The summed E-state index contributed by atoms with van der Waals surface area (Å²) in [5.74, 6) is -0.237. The number of pyridine rings is 1. The molecule has 0 aliphatic carbocycles. The summed E-state index contributed by atoms with van der Waals surface area (Å²) < 4.78 is 27.9. The van der Waals surface area contributed by atoms with Gasteiger partial charge in [-0.2, -0.15) is 0 Å². The van der Waals surface area contributed by atoms with Gasteiger partial charge in [0.1, 0.15) is 11.6 Å². The Kier molecular flexibility index (Phi) is 4.72. The van der Waals surface area contributed by atoms with Crippen molar-refractivity contribution in [3.63, 3.8) is 0 Å². The summed E-state index contributed by atoms with van der Waals surface area (Å²) in [5.41, 5.74) is 1.45. The van der Waals surface area contributed by atoms with Crippen LogP contribution in [0.25, 0.3) is 10.7 Å². The molecular weight excluding hydrogens is 336 g/mol. The van der Waals surface area contributed by atoms with Gasteiger partial charge in [-0.05, 0) is 24.5 Å². The van der Waals surface area contributed by atoms with Crippen LogP contribution in [0.4, 0.5) is 0 Å². The monoisotopic (exact) mass is 352 g/mol. The molecule has 2 aromatic rings. The number of hydrogen-bond donors (Lipinski definition) is 0. The molecule has 122 valence electrons. The third-order valence-corrected chi connectivity index (χ3v) is 6.35. The number of rotatable bonds is 5. The van der Waals surface area contributed by atoms with Crippen LogP contribution in [0.5, 0.6) is 0 Å². The van der Waals surface area contributed by atoms with Crippen molar-refractivity contribution in [2.75, 3.05) is 11.5 Å². The van der Waals surface area contributed by atoms with E-state index in [-0.39, 0.29) is 36.4 Å². The highest BCUT2D eigenvalue weighted by Gasteiger charge is 2.29. The molecule has 0 amide bonds. The Balaban J connectivity index is 1.51. The fourth-order valence-electron chi connectivity index (χ4n) is 2.46. The topological polar surface area (TPSA) is 86.2 Å². The van der Waals surface area contributed by atoms with Crippen LogP contribution >= 0.6 is 11.3 Å². The van der Waals surface area contributed by atoms with Crippen LogP contribution in [0.15, 0.2) is 29.8 Å². The predicted molar refractivity (Wildman–Crippen MR) is 86.5 cm³/mol. The Labute approximate surface area is 138 Å². The minimum Gasteiger partial charge on any atom is -0.459 e. The summed E-state index contributed by atoms with van der Waals surface area (Å²) in [6.45, 7) is 0.0988. The minimum absolute atomic E-state index is 0.0859. The number of esters is 1. The van der Waals surface area contributed by atoms with Gasteiger partial charge in [0.2, 0.25) is 0 Å². The zero-order valence-electron chi connectivity index (χ0n) is 12.3. The van der Waals surface area contributed by atoms with E-state index < -0.39 is 9.84 Å². The van der Waals surface area contributed by atoms with Crippen molar-refractivity contribution in [3.05, 3.63) is 35.5 Å². The lowest BCUT2D eigenvalue weighted by molar-refractivity contribution is -0.146. The molecule has 2 aromatic heterocycles. The molecule has 0 spiro atoms. The van der Waals surface area contributed by atoms with Crippen molar-refractivity contribution in [2.24, 2.45) is 5.92 Å².